The predicted octanol–water partition coefficient (Wildman–Crippen LogP) is 2.53. The highest BCUT2D eigenvalue weighted by atomic mass is 32.2. The zero-order chi connectivity index (χ0) is 16.8. The van der Waals surface area contributed by atoms with Crippen LogP contribution in [0.15, 0.2) is 23.1 Å². The van der Waals surface area contributed by atoms with Crippen molar-refractivity contribution in [3.05, 3.63) is 18.2 Å². The molecule has 0 spiro atoms. The molecule has 1 fully saturated rings. The van der Waals surface area contributed by atoms with E-state index in [0.717, 1.165) is 61.0 Å². The van der Waals surface area contributed by atoms with E-state index in [0.29, 0.717) is 25.6 Å². The first-order valence-corrected chi connectivity index (χ1v) is 9.75. The Labute approximate surface area is 147 Å². The fourth-order valence-electron chi connectivity index (χ4n) is 3.07. The van der Waals surface area contributed by atoms with Crippen molar-refractivity contribution in [2.24, 2.45) is 11.7 Å². The van der Waals surface area contributed by atoms with Crippen LogP contribution >= 0.6 is 11.8 Å². The third-order valence-electron chi connectivity index (χ3n) is 4.60. The van der Waals surface area contributed by atoms with E-state index in [1.54, 1.807) is 11.8 Å². The lowest BCUT2D eigenvalue weighted by atomic mass is 9.97. The standard InChI is InChI=1S/C18H26N2O3S/c19-13-14-4-7-20(8-5-14)18(21)6-11-24-15-2-3-16-17(12-15)23-10-1-9-22-16/h2-3,12,14H,1,4-11,13,19H2. The Bertz CT molecular complexity index is 559. The number of nitrogens with zero attached hydrogens (tertiary/aromatic N) is 1. The Morgan fingerprint density at radius 1 is 1.21 bits per heavy atom. The molecule has 2 N–H and O–H groups in total. The van der Waals surface area contributed by atoms with Gasteiger partial charge in [0.25, 0.3) is 0 Å². The Morgan fingerprint density at radius 2 is 1.96 bits per heavy atom. The largest absolute Gasteiger partial charge is 0.490 e. The number of likely N-dealkylation sites (tertiary alicyclic amines) is 1. The fourth-order valence-corrected chi connectivity index (χ4v) is 3.93. The second-order valence-electron chi connectivity index (χ2n) is 6.32. The van der Waals surface area contributed by atoms with E-state index in [4.69, 9.17) is 15.2 Å². The zero-order valence-electron chi connectivity index (χ0n) is 14.0. The van der Waals surface area contributed by atoms with Crippen molar-refractivity contribution >= 4 is 17.7 Å². The molecule has 0 unspecified atom stereocenters. The molecule has 0 aliphatic carbocycles. The summed E-state index contributed by atoms with van der Waals surface area (Å²) in [7, 11) is 0. The van der Waals surface area contributed by atoms with E-state index in [1.807, 2.05) is 23.1 Å². The van der Waals surface area contributed by atoms with Crippen LogP contribution in [0.3, 0.4) is 0 Å². The molecule has 1 amide bonds. The van der Waals surface area contributed by atoms with E-state index in [-0.39, 0.29) is 5.91 Å². The molecule has 0 aromatic heterocycles. The van der Waals surface area contributed by atoms with Gasteiger partial charge in [0.05, 0.1) is 13.2 Å². The molecule has 1 aromatic rings. The number of piperidine rings is 1. The van der Waals surface area contributed by atoms with Crippen molar-refractivity contribution in [2.45, 2.75) is 30.6 Å². The maximum absolute atomic E-state index is 12.3. The van der Waals surface area contributed by atoms with Crippen LogP contribution in [0.5, 0.6) is 11.5 Å². The third-order valence-corrected chi connectivity index (χ3v) is 5.60. The van der Waals surface area contributed by atoms with Crippen LogP contribution in [-0.4, -0.2) is 49.4 Å². The number of carbonyl (C=O) groups is 1. The molecule has 0 bridgehead atoms. The topological polar surface area (TPSA) is 64.8 Å². The number of rotatable bonds is 5. The third kappa shape index (κ3) is 4.57. The maximum atomic E-state index is 12.3. The number of ether oxygens (including phenoxy) is 2. The van der Waals surface area contributed by atoms with Gasteiger partial charge in [-0.15, -0.1) is 11.8 Å². The van der Waals surface area contributed by atoms with Gasteiger partial charge in [-0.2, -0.15) is 0 Å². The SMILES string of the molecule is NCC1CCN(C(=O)CCSc2ccc3c(c2)OCCCO3)CC1. The summed E-state index contributed by atoms with van der Waals surface area (Å²) in [6.45, 7) is 3.85. The van der Waals surface area contributed by atoms with Crippen LogP contribution in [0.4, 0.5) is 0 Å². The molecule has 0 saturated carbocycles. The molecule has 1 saturated heterocycles. The Morgan fingerprint density at radius 3 is 2.71 bits per heavy atom. The van der Waals surface area contributed by atoms with Gasteiger partial charge in [0.15, 0.2) is 11.5 Å². The summed E-state index contributed by atoms with van der Waals surface area (Å²) in [5.74, 6) is 3.26. The number of hydrogen-bond donors (Lipinski definition) is 1. The monoisotopic (exact) mass is 350 g/mol. The molecule has 2 heterocycles. The van der Waals surface area contributed by atoms with Gasteiger partial charge in [-0.3, -0.25) is 4.79 Å². The van der Waals surface area contributed by atoms with E-state index in [1.165, 1.54) is 0 Å². The first-order chi connectivity index (χ1) is 11.8. The number of fused-ring (bicyclic) bond motifs is 1. The summed E-state index contributed by atoms with van der Waals surface area (Å²) in [6.07, 6.45) is 3.56. The number of hydrogen-bond acceptors (Lipinski definition) is 5. The van der Waals surface area contributed by atoms with Crippen LogP contribution in [-0.2, 0) is 4.79 Å². The van der Waals surface area contributed by atoms with Crippen LogP contribution < -0.4 is 15.2 Å². The van der Waals surface area contributed by atoms with E-state index >= 15 is 0 Å². The lowest BCUT2D eigenvalue weighted by Crippen LogP contribution is -2.40. The van der Waals surface area contributed by atoms with Crippen molar-refractivity contribution in [2.75, 3.05) is 38.6 Å². The molecule has 6 heteroatoms. The molecule has 5 nitrogen and oxygen atoms in total. The molecule has 132 valence electrons. The molecule has 2 aliphatic rings. The second-order valence-corrected chi connectivity index (χ2v) is 7.49. The summed E-state index contributed by atoms with van der Waals surface area (Å²) in [5.41, 5.74) is 5.70. The summed E-state index contributed by atoms with van der Waals surface area (Å²) >= 11 is 1.69. The fraction of sp³-hybridized carbons (Fsp3) is 0.611. The molecule has 2 aliphatic heterocycles. The molecule has 1 aromatic carbocycles. The minimum absolute atomic E-state index is 0.257. The summed E-state index contributed by atoms with van der Waals surface area (Å²) in [4.78, 5) is 15.4. The number of benzene rings is 1. The predicted molar refractivity (Wildman–Crippen MR) is 95.7 cm³/mol. The number of nitrogens with two attached hydrogens (primary N) is 1. The van der Waals surface area contributed by atoms with Crippen molar-refractivity contribution < 1.29 is 14.3 Å². The lowest BCUT2D eigenvalue weighted by Gasteiger charge is -2.31. The highest BCUT2D eigenvalue weighted by Crippen LogP contribution is 2.34. The number of thioether (sulfide) groups is 1. The van der Waals surface area contributed by atoms with E-state index in [2.05, 4.69) is 0 Å². The normalized spacial score (nSPS) is 18.3. The lowest BCUT2D eigenvalue weighted by molar-refractivity contribution is -0.132. The smallest absolute Gasteiger partial charge is 0.223 e. The van der Waals surface area contributed by atoms with Gasteiger partial charge in [-0.25, -0.2) is 0 Å². The molecule has 3 rings (SSSR count). The minimum Gasteiger partial charge on any atom is -0.490 e. The first kappa shape index (κ1) is 17.4. The van der Waals surface area contributed by atoms with Crippen LogP contribution in [0.1, 0.15) is 25.7 Å². The van der Waals surface area contributed by atoms with Gasteiger partial charge in [0, 0.05) is 36.6 Å². The quantitative estimate of drug-likeness (QED) is 0.827. The van der Waals surface area contributed by atoms with Gasteiger partial charge in [0.1, 0.15) is 0 Å². The average molecular weight is 350 g/mol. The van der Waals surface area contributed by atoms with Crippen LogP contribution in [0, 0.1) is 5.92 Å². The summed E-state index contributed by atoms with van der Waals surface area (Å²) in [6, 6.07) is 6.01. The van der Waals surface area contributed by atoms with E-state index < -0.39 is 0 Å². The van der Waals surface area contributed by atoms with Crippen molar-refractivity contribution in [3.8, 4) is 11.5 Å². The number of amides is 1. The van der Waals surface area contributed by atoms with Gasteiger partial charge in [0.2, 0.25) is 5.91 Å². The number of carbonyl (C=O) groups excluding carboxylic acids is 1. The molecule has 24 heavy (non-hydrogen) atoms. The van der Waals surface area contributed by atoms with Crippen LogP contribution in [0.2, 0.25) is 0 Å². The Hall–Kier alpha value is -1.40. The molecule has 0 atom stereocenters. The Balaban J connectivity index is 1.45. The molecular formula is C18H26N2O3S. The second kappa shape index (κ2) is 8.62. The molecule has 0 radical (unpaired) electrons. The molecular weight excluding hydrogens is 324 g/mol. The van der Waals surface area contributed by atoms with Gasteiger partial charge in [-0.05, 0) is 43.5 Å². The zero-order valence-corrected chi connectivity index (χ0v) is 14.9. The average Bonchev–Trinajstić information content (AvgIpc) is 2.86. The van der Waals surface area contributed by atoms with Gasteiger partial charge in [-0.1, -0.05) is 0 Å². The van der Waals surface area contributed by atoms with Crippen molar-refractivity contribution in [1.29, 1.82) is 0 Å². The first-order valence-electron chi connectivity index (χ1n) is 8.76. The summed E-state index contributed by atoms with van der Waals surface area (Å²) in [5, 5.41) is 0. The maximum Gasteiger partial charge on any atom is 0.223 e. The summed E-state index contributed by atoms with van der Waals surface area (Å²) < 4.78 is 11.3. The van der Waals surface area contributed by atoms with Crippen LogP contribution in [0.25, 0.3) is 0 Å². The highest BCUT2D eigenvalue weighted by molar-refractivity contribution is 7.99. The Kier molecular flexibility index (Phi) is 6.26. The van der Waals surface area contributed by atoms with Crippen molar-refractivity contribution in [1.82, 2.24) is 4.90 Å². The van der Waals surface area contributed by atoms with Crippen molar-refractivity contribution in [3.63, 3.8) is 0 Å². The van der Waals surface area contributed by atoms with E-state index in [9.17, 15) is 4.79 Å². The van der Waals surface area contributed by atoms with Gasteiger partial charge >= 0.3 is 0 Å². The van der Waals surface area contributed by atoms with Gasteiger partial charge < -0.3 is 20.1 Å². The highest BCUT2D eigenvalue weighted by Gasteiger charge is 2.21. The minimum atomic E-state index is 0.257.